The van der Waals surface area contributed by atoms with Crippen molar-refractivity contribution < 1.29 is 42.5 Å². The molecule has 0 aromatic rings. The minimum Gasteiger partial charge on any atom is -0.744 e. The van der Waals surface area contributed by atoms with Crippen molar-refractivity contribution in [3.63, 3.8) is 0 Å². The van der Waals surface area contributed by atoms with Gasteiger partial charge in [0.25, 0.3) is 0 Å². The molecule has 5 heteroatoms. The maximum absolute atomic E-state index is 11.4. The Bertz CT molecular complexity index is 706. The van der Waals surface area contributed by atoms with Crippen LogP contribution in [0.2, 0.25) is 0 Å². The smallest absolute Gasteiger partial charge is 0.744 e. The van der Waals surface area contributed by atoms with E-state index in [4.69, 9.17) is 0 Å². The van der Waals surface area contributed by atoms with Crippen LogP contribution in [-0.4, -0.2) is 13.0 Å². The molecule has 0 atom stereocenters. The Balaban J connectivity index is 0.00000200. The molecule has 0 aromatic carbocycles. The van der Waals surface area contributed by atoms with E-state index in [-0.39, 0.29) is 34.5 Å². The first-order valence-corrected chi connectivity index (χ1v) is 7.62. The fraction of sp³-hybridized carbons (Fsp3) is 0.333. The molecule has 0 spiro atoms. The Hall–Kier alpha value is -0.390. The molecule has 0 aliphatic heterocycles. The SMILES string of the molecule is Cc1cc(S(=O)(=O)[O-])c2c(C)ccc(C(C)C)cc1-2.[Na+]. The summed E-state index contributed by atoms with van der Waals surface area (Å²) < 4.78 is 34.1. The summed E-state index contributed by atoms with van der Waals surface area (Å²) >= 11 is 0. The van der Waals surface area contributed by atoms with Crippen LogP contribution in [0.3, 0.4) is 0 Å². The Morgan fingerprint density at radius 1 is 1.05 bits per heavy atom. The van der Waals surface area contributed by atoms with Crippen molar-refractivity contribution in [3.05, 3.63) is 41.0 Å². The maximum Gasteiger partial charge on any atom is 1.00 e. The van der Waals surface area contributed by atoms with Gasteiger partial charge in [0.1, 0.15) is 10.1 Å². The van der Waals surface area contributed by atoms with Gasteiger partial charge < -0.3 is 4.55 Å². The van der Waals surface area contributed by atoms with E-state index in [2.05, 4.69) is 13.8 Å². The van der Waals surface area contributed by atoms with Crippen LogP contribution in [0.15, 0.2) is 29.2 Å². The Kier molecular flexibility index (Phi) is 5.44. The van der Waals surface area contributed by atoms with Crippen molar-refractivity contribution in [1.82, 2.24) is 0 Å². The molecule has 0 aromatic heterocycles. The van der Waals surface area contributed by atoms with Gasteiger partial charge in [0, 0.05) is 5.56 Å². The molecule has 0 unspecified atom stereocenters. The van der Waals surface area contributed by atoms with E-state index >= 15 is 0 Å². The summed E-state index contributed by atoms with van der Waals surface area (Å²) in [4.78, 5) is -0.108. The Labute approximate surface area is 142 Å². The molecule has 0 amide bonds. The zero-order valence-corrected chi connectivity index (χ0v) is 15.3. The normalized spacial score (nSPS) is 11.7. The van der Waals surface area contributed by atoms with E-state index in [0.29, 0.717) is 11.5 Å². The predicted octanol–water partition coefficient (Wildman–Crippen LogP) is 0.440. The summed E-state index contributed by atoms with van der Waals surface area (Å²) in [6, 6.07) is 7.33. The van der Waals surface area contributed by atoms with E-state index < -0.39 is 10.1 Å². The standard InChI is InChI=1S/C15H18O3S.Na/c1-9(2)12-6-5-10(3)15-13(8-12)11(4)7-14(15)19(16,17)18;/h5-9H,1-4H3,(H,16,17,18);/q;+1/p-1. The van der Waals surface area contributed by atoms with Crippen LogP contribution in [0, 0.1) is 13.8 Å². The molecule has 0 fully saturated rings. The summed E-state index contributed by atoms with van der Waals surface area (Å²) in [6.45, 7) is 7.83. The van der Waals surface area contributed by atoms with Crippen LogP contribution in [-0.2, 0) is 10.1 Å². The minimum absolute atomic E-state index is 0. The van der Waals surface area contributed by atoms with E-state index in [1.54, 1.807) is 0 Å². The van der Waals surface area contributed by atoms with Gasteiger partial charge in [0.2, 0.25) is 0 Å². The first-order valence-electron chi connectivity index (χ1n) is 6.21. The van der Waals surface area contributed by atoms with Gasteiger partial charge in [0.05, 0.1) is 4.90 Å². The second-order valence-corrected chi connectivity index (χ2v) is 6.60. The van der Waals surface area contributed by atoms with Gasteiger partial charge in [-0.1, -0.05) is 32.0 Å². The molecule has 0 N–H and O–H groups in total. The fourth-order valence-electron chi connectivity index (χ4n) is 2.34. The molecule has 0 saturated heterocycles. The number of hydrogen-bond donors (Lipinski definition) is 0. The van der Waals surface area contributed by atoms with E-state index in [1.807, 2.05) is 32.0 Å². The summed E-state index contributed by atoms with van der Waals surface area (Å²) in [5, 5.41) is 0. The van der Waals surface area contributed by atoms with E-state index in [0.717, 1.165) is 22.3 Å². The number of hydrogen-bond acceptors (Lipinski definition) is 3. The monoisotopic (exact) mass is 300 g/mol. The van der Waals surface area contributed by atoms with Gasteiger partial charge in [-0.15, -0.1) is 0 Å². The molecule has 2 aliphatic rings. The van der Waals surface area contributed by atoms with E-state index in [1.165, 1.54) is 6.07 Å². The first-order chi connectivity index (χ1) is 8.71. The topological polar surface area (TPSA) is 57.2 Å². The van der Waals surface area contributed by atoms with Gasteiger partial charge in [-0.05, 0) is 48.1 Å². The molecule has 0 heterocycles. The molecule has 0 radical (unpaired) electrons. The van der Waals surface area contributed by atoms with Gasteiger partial charge in [-0.2, -0.15) is 0 Å². The second-order valence-electron chi connectivity index (χ2n) is 5.25. The zero-order chi connectivity index (χ0) is 14.4. The van der Waals surface area contributed by atoms with Crippen molar-refractivity contribution in [2.75, 3.05) is 0 Å². The molecule has 2 rings (SSSR count). The molecule has 0 saturated carbocycles. The van der Waals surface area contributed by atoms with Gasteiger partial charge in [0.15, 0.2) is 0 Å². The molecular formula is C15H17NaO3S. The molecule has 3 nitrogen and oxygen atoms in total. The quantitative estimate of drug-likeness (QED) is 0.597. The Morgan fingerprint density at radius 2 is 1.65 bits per heavy atom. The van der Waals surface area contributed by atoms with Gasteiger partial charge in [-0.25, -0.2) is 8.42 Å². The van der Waals surface area contributed by atoms with Crippen LogP contribution in [0.4, 0.5) is 0 Å². The van der Waals surface area contributed by atoms with Crippen LogP contribution >= 0.6 is 0 Å². The Morgan fingerprint density at radius 3 is 2.15 bits per heavy atom. The summed E-state index contributed by atoms with van der Waals surface area (Å²) in [7, 11) is -4.44. The molecule has 2 aliphatic carbocycles. The van der Waals surface area contributed by atoms with E-state index in [9.17, 15) is 13.0 Å². The maximum atomic E-state index is 11.4. The van der Waals surface area contributed by atoms with Crippen LogP contribution < -0.4 is 29.6 Å². The third-order valence-corrected chi connectivity index (χ3v) is 4.32. The zero-order valence-electron chi connectivity index (χ0n) is 12.5. The first kappa shape index (κ1) is 17.7. The van der Waals surface area contributed by atoms with Crippen molar-refractivity contribution in [2.45, 2.75) is 38.5 Å². The second kappa shape index (κ2) is 6.16. The molecule has 102 valence electrons. The molecular weight excluding hydrogens is 283 g/mol. The van der Waals surface area contributed by atoms with Crippen LogP contribution in [0.5, 0.6) is 0 Å². The predicted molar refractivity (Wildman–Crippen MR) is 74.6 cm³/mol. The minimum atomic E-state index is -4.44. The van der Waals surface area contributed by atoms with Crippen LogP contribution in [0.1, 0.15) is 36.5 Å². The van der Waals surface area contributed by atoms with Gasteiger partial charge in [-0.3, -0.25) is 0 Å². The summed E-state index contributed by atoms with van der Waals surface area (Å²) in [5.74, 6) is 0.344. The number of aryl methyl sites for hydroxylation is 2. The van der Waals surface area contributed by atoms with Gasteiger partial charge >= 0.3 is 29.6 Å². The molecule has 20 heavy (non-hydrogen) atoms. The average molecular weight is 300 g/mol. The third kappa shape index (κ3) is 3.26. The van der Waals surface area contributed by atoms with Crippen molar-refractivity contribution >= 4 is 10.1 Å². The number of fused-ring (bicyclic) bond motifs is 1. The summed E-state index contributed by atoms with van der Waals surface area (Å²) in [5.41, 5.74) is 4.16. The average Bonchev–Trinajstić information content (AvgIpc) is 2.50. The molecule has 0 bridgehead atoms. The fourth-order valence-corrected chi connectivity index (χ4v) is 3.19. The van der Waals surface area contributed by atoms with Crippen molar-refractivity contribution in [1.29, 1.82) is 0 Å². The van der Waals surface area contributed by atoms with Crippen molar-refractivity contribution in [2.24, 2.45) is 0 Å². The largest absolute Gasteiger partial charge is 1.00 e. The van der Waals surface area contributed by atoms with Crippen LogP contribution in [0.25, 0.3) is 11.1 Å². The third-order valence-electron chi connectivity index (χ3n) is 3.46. The summed E-state index contributed by atoms with van der Waals surface area (Å²) in [6.07, 6.45) is 0. The van der Waals surface area contributed by atoms with Crippen molar-refractivity contribution in [3.8, 4) is 11.1 Å². The number of rotatable bonds is 2.